The maximum Gasteiger partial charge on any atom is 0.123 e. The van der Waals surface area contributed by atoms with E-state index in [4.69, 9.17) is 4.98 Å². The van der Waals surface area contributed by atoms with Gasteiger partial charge in [0.25, 0.3) is 0 Å². The van der Waals surface area contributed by atoms with Crippen LogP contribution in [0.3, 0.4) is 0 Å². The Balaban J connectivity index is 2.26. The molecule has 0 bridgehead atoms. The highest BCUT2D eigenvalue weighted by molar-refractivity contribution is 7.11. The number of thiazole rings is 1. The summed E-state index contributed by atoms with van der Waals surface area (Å²) in [4.78, 5) is 6.10. The van der Waals surface area contributed by atoms with Gasteiger partial charge in [0, 0.05) is 23.3 Å². The molecule has 2 rings (SSSR count). The molecule has 4 heteroatoms. The standard InChI is InChI=1S/C17H23FN2S/c1-5-19-11-14-16(17(2,3)4)20-15(21-14)10-12-7-6-8-13(18)9-12/h6-9,19H,5,10-11H2,1-4H3. The van der Waals surface area contributed by atoms with Crippen LogP contribution in [0.25, 0.3) is 0 Å². The molecule has 0 radical (unpaired) electrons. The van der Waals surface area contributed by atoms with Gasteiger partial charge in [-0.25, -0.2) is 9.37 Å². The summed E-state index contributed by atoms with van der Waals surface area (Å²) < 4.78 is 13.3. The number of rotatable bonds is 5. The maximum atomic E-state index is 13.3. The summed E-state index contributed by atoms with van der Waals surface area (Å²) in [6.45, 7) is 10.5. The molecule has 0 spiro atoms. The minimum absolute atomic E-state index is 0.0292. The summed E-state index contributed by atoms with van der Waals surface area (Å²) in [5, 5.41) is 4.43. The number of hydrogen-bond donors (Lipinski definition) is 1. The van der Waals surface area contributed by atoms with Crippen molar-refractivity contribution in [2.24, 2.45) is 0 Å². The second-order valence-electron chi connectivity index (χ2n) is 6.22. The Hall–Kier alpha value is -1.26. The Morgan fingerprint density at radius 3 is 2.67 bits per heavy atom. The summed E-state index contributed by atoms with van der Waals surface area (Å²) in [7, 11) is 0. The van der Waals surface area contributed by atoms with Crippen molar-refractivity contribution in [3.05, 3.63) is 51.2 Å². The molecule has 1 aromatic heterocycles. The van der Waals surface area contributed by atoms with Crippen molar-refractivity contribution in [3.63, 3.8) is 0 Å². The molecule has 114 valence electrons. The van der Waals surface area contributed by atoms with Gasteiger partial charge in [-0.15, -0.1) is 11.3 Å². The Bertz CT molecular complexity index is 599. The SMILES string of the molecule is CCNCc1sc(Cc2cccc(F)c2)nc1C(C)(C)C. The highest BCUT2D eigenvalue weighted by Crippen LogP contribution is 2.30. The number of benzene rings is 1. The normalized spacial score (nSPS) is 11.9. The first-order valence-corrected chi connectivity index (χ1v) is 8.16. The van der Waals surface area contributed by atoms with Crippen LogP contribution >= 0.6 is 11.3 Å². The first kappa shape index (κ1) is 16.1. The smallest absolute Gasteiger partial charge is 0.123 e. The first-order chi connectivity index (χ1) is 9.90. The summed E-state index contributed by atoms with van der Waals surface area (Å²) >= 11 is 1.73. The number of nitrogens with zero attached hydrogens (tertiary/aromatic N) is 1. The van der Waals surface area contributed by atoms with Crippen LogP contribution in [0.2, 0.25) is 0 Å². The van der Waals surface area contributed by atoms with E-state index in [0.717, 1.165) is 29.4 Å². The molecular weight excluding hydrogens is 283 g/mol. The van der Waals surface area contributed by atoms with Gasteiger partial charge in [-0.2, -0.15) is 0 Å². The molecule has 2 aromatic rings. The average molecular weight is 306 g/mol. The quantitative estimate of drug-likeness (QED) is 0.892. The molecule has 0 saturated carbocycles. The minimum atomic E-state index is -0.187. The Kier molecular flexibility index (Phi) is 5.12. The first-order valence-electron chi connectivity index (χ1n) is 7.34. The van der Waals surface area contributed by atoms with Crippen LogP contribution in [0.5, 0.6) is 0 Å². The van der Waals surface area contributed by atoms with Crippen molar-refractivity contribution in [2.75, 3.05) is 6.54 Å². The van der Waals surface area contributed by atoms with Gasteiger partial charge in [-0.05, 0) is 24.2 Å². The molecular formula is C17H23FN2S. The molecule has 0 amide bonds. The van der Waals surface area contributed by atoms with Gasteiger partial charge in [0.2, 0.25) is 0 Å². The van der Waals surface area contributed by atoms with Gasteiger partial charge in [0.15, 0.2) is 0 Å². The van der Waals surface area contributed by atoms with Crippen molar-refractivity contribution in [1.29, 1.82) is 0 Å². The van der Waals surface area contributed by atoms with E-state index in [1.165, 1.54) is 10.9 Å². The van der Waals surface area contributed by atoms with E-state index < -0.39 is 0 Å². The Morgan fingerprint density at radius 2 is 2.05 bits per heavy atom. The molecule has 0 unspecified atom stereocenters. The zero-order valence-electron chi connectivity index (χ0n) is 13.2. The molecule has 2 nitrogen and oxygen atoms in total. The monoisotopic (exact) mass is 306 g/mol. The van der Waals surface area contributed by atoms with Gasteiger partial charge in [0.1, 0.15) is 5.82 Å². The van der Waals surface area contributed by atoms with Crippen molar-refractivity contribution >= 4 is 11.3 Å². The number of aromatic nitrogens is 1. The highest BCUT2D eigenvalue weighted by atomic mass is 32.1. The third kappa shape index (κ3) is 4.35. The predicted molar refractivity (Wildman–Crippen MR) is 87.4 cm³/mol. The summed E-state index contributed by atoms with van der Waals surface area (Å²) in [5.74, 6) is -0.187. The van der Waals surface area contributed by atoms with E-state index in [1.54, 1.807) is 23.5 Å². The molecule has 1 heterocycles. The third-order valence-corrected chi connectivity index (χ3v) is 4.29. The molecule has 0 aliphatic carbocycles. The lowest BCUT2D eigenvalue weighted by molar-refractivity contribution is 0.559. The molecule has 0 saturated heterocycles. The summed E-state index contributed by atoms with van der Waals surface area (Å²) in [6, 6.07) is 6.76. The van der Waals surface area contributed by atoms with E-state index >= 15 is 0 Å². The van der Waals surface area contributed by atoms with Crippen LogP contribution in [0.15, 0.2) is 24.3 Å². The van der Waals surface area contributed by atoms with Gasteiger partial charge in [-0.3, -0.25) is 0 Å². The zero-order valence-corrected chi connectivity index (χ0v) is 14.0. The second-order valence-corrected chi connectivity index (χ2v) is 7.38. The molecule has 0 aliphatic rings. The third-order valence-electron chi connectivity index (χ3n) is 3.23. The number of hydrogen-bond acceptors (Lipinski definition) is 3. The highest BCUT2D eigenvalue weighted by Gasteiger charge is 2.22. The minimum Gasteiger partial charge on any atom is -0.312 e. The zero-order chi connectivity index (χ0) is 15.5. The molecule has 0 atom stereocenters. The number of halogens is 1. The van der Waals surface area contributed by atoms with Crippen LogP contribution in [0.1, 0.15) is 48.8 Å². The van der Waals surface area contributed by atoms with E-state index in [1.807, 2.05) is 6.07 Å². The summed E-state index contributed by atoms with van der Waals surface area (Å²) in [6.07, 6.45) is 0.692. The molecule has 0 fully saturated rings. The van der Waals surface area contributed by atoms with Crippen LogP contribution in [-0.2, 0) is 18.4 Å². The maximum absolute atomic E-state index is 13.3. The van der Waals surface area contributed by atoms with Crippen molar-refractivity contribution in [1.82, 2.24) is 10.3 Å². The van der Waals surface area contributed by atoms with E-state index in [2.05, 4.69) is 33.0 Å². The van der Waals surface area contributed by atoms with Crippen LogP contribution < -0.4 is 5.32 Å². The van der Waals surface area contributed by atoms with E-state index in [0.29, 0.717) is 6.42 Å². The van der Waals surface area contributed by atoms with Crippen LogP contribution in [0.4, 0.5) is 4.39 Å². The second kappa shape index (κ2) is 6.67. The van der Waals surface area contributed by atoms with E-state index in [-0.39, 0.29) is 11.2 Å². The van der Waals surface area contributed by atoms with Gasteiger partial charge >= 0.3 is 0 Å². The average Bonchev–Trinajstić information content (AvgIpc) is 2.79. The topological polar surface area (TPSA) is 24.9 Å². The number of nitrogens with one attached hydrogen (secondary N) is 1. The fraction of sp³-hybridized carbons (Fsp3) is 0.471. The lowest BCUT2D eigenvalue weighted by Crippen LogP contribution is -2.18. The van der Waals surface area contributed by atoms with Gasteiger partial charge in [-0.1, -0.05) is 39.8 Å². The Morgan fingerprint density at radius 1 is 1.29 bits per heavy atom. The molecule has 0 aliphatic heterocycles. The van der Waals surface area contributed by atoms with Crippen LogP contribution in [0, 0.1) is 5.82 Å². The molecule has 21 heavy (non-hydrogen) atoms. The summed E-state index contributed by atoms with van der Waals surface area (Å²) in [5.41, 5.74) is 2.15. The van der Waals surface area contributed by atoms with Gasteiger partial charge in [0.05, 0.1) is 10.7 Å². The Labute approximate surface area is 130 Å². The van der Waals surface area contributed by atoms with Crippen LogP contribution in [-0.4, -0.2) is 11.5 Å². The largest absolute Gasteiger partial charge is 0.312 e. The predicted octanol–water partition coefficient (Wildman–Crippen LogP) is 4.28. The lowest BCUT2D eigenvalue weighted by Gasteiger charge is -2.17. The molecule has 1 N–H and O–H groups in total. The fourth-order valence-electron chi connectivity index (χ4n) is 2.24. The van der Waals surface area contributed by atoms with E-state index in [9.17, 15) is 4.39 Å². The molecule has 1 aromatic carbocycles. The van der Waals surface area contributed by atoms with Crippen molar-refractivity contribution in [2.45, 2.75) is 46.1 Å². The van der Waals surface area contributed by atoms with Gasteiger partial charge < -0.3 is 5.32 Å². The van der Waals surface area contributed by atoms with Crippen molar-refractivity contribution in [3.8, 4) is 0 Å². The van der Waals surface area contributed by atoms with Crippen molar-refractivity contribution < 1.29 is 4.39 Å². The fourth-order valence-corrected chi connectivity index (χ4v) is 3.52. The lowest BCUT2D eigenvalue weighted by atomic mass is 9.91.